The molecule has 2 unspecified atom stereocenters. The zero-order chi connectivity index (χ0) is 37.0. The highest BCUT2D eigenvalue weighted by Gasteiger charge is 2.43. The molecule has 0 spiro atoms. The van der Waals surface area contributed by atoms with Crippen LogP contribution >= 0.6 is 0 Å². The van der Waals surface area contributed by atoms with Crippen LogP contribution < -0.4 is 4.90 Å². The van der Waals surface area contributed by atoms with Gasteiger partial charge in [0.1, 0.15) is 11.3 Å². The molecule has 9 aromatic rings. The highest BCUT2D eigenvalue weighted by atomic mass is 16.3. The average molecular weight is 719 g/mol. The van der Waals surface area contributed by atoms with Crippen molar-refractivity contribution in [2.75, 3.05) is 4.90 Å². The monoisotopic (exact) mass is 718 g/mol. The lowest BCUT2D eigenvalue weighted by atomic mass is 9.82. The van der Waals surface area contributed by atoms with Crippen molar-refractivity contribution in [2.24, 2.45) is 0 Å². The van der Waals surface area contributed by atoms with E-state index in [-0.39, 0.29) is 12.0 Å². The molecule has 5 heteroatoms. The number of hydrogen-bond acceptors (Lipinski definition) is 5. The molecule has 5 nitrogen and oxygen atoms in total. The summed E-state index contributed by atoms with van der Waals surface area (Å²) >= 11 is 0. The Morgan fingerprint density at radius 3 is 1.64 bits per heavy atom. The fourth-order valence-electron chi connectivity index (χ4n) is 8.49. The van der Waals surface area contributed by atoms with Crippen molar-refractivity contribution in [1.29, 1.82) is 0 Å². The highest BCUT2D eigenvalue weighted by Crippen LogP contribution is 2.53. The van der Waals surface area contributed by atoms with Gasteiger partial charge in [0, 0.05) is 44.9 Å². The van der Waals surface area contributed by atoms with Crippen LogP contribution in [0.5, 0.6) is 0 Å². The van der Waals surface area contributed by atoms with Crippen LogP contribution in [0.15, 0.2) is 192 Å². The number of para-hydroxylation sites is 2. The first-order chi connectivity index (χ1) is 27.7. The molecule has 11 rings (SSSR count). The van der Waals surface area contributed by atoms with Crippen LogP contribution in [0.1, 0.15) is 22.8 Å². The molecule has 56 heavy (non-hydrogen) atoms. The van der Waals surface area contributed by atoms with Crippen LogP contribution in [0.3, 0.4) is 0 Å². The Morgan fingerprint density at radius 2 is 0.982 bits per heavy atom. The smallest absolute Gasteiger partial charge is 0.164 e. The van der Waals surface area contributed by atoms with E-state index in [1.165, 1.54) is 22.5 Å². The number of aromatic nitrogens is 3. The van der Waals surface area contributed by atoms with E-state index in [0.717, 1.165) is 55.7 Å². The molecule has 3 heterocycles. The molecule has 0 bridgehead atoms. The van der Waals surface area contributed by atoms with Crippen LogP contribution in [0.25, 0.3) is 73.5 Å². The summed E-state index contributed by atoms with van der Waals surface area (Å²) in [6, 6.07) is 63.6. The molecule has 0 saturated carbocycles. The molecule has 0 radical (unpaired) electrons. The Hall–Kier alpha value is -7.37. The van der Waals surface area contributed by atoms with Gasteiger partial charge in [-0.05, 0) is 76.4 Å². The number of anilines is 2. The summed E-state index contributed by atoms with van der Waals surface area (Å²) in [7, 11) is 0. The lowest BCUT2D eigenvalue weighted by molar-refractivity contribution is 0.584. The zero-order valence-corrected chi connectivity index (χ0v) is 30.3. The summed E-state index contributed by atoms with van der Waals surface area (Å²) in [6.45, 7) is 0. The molecule has 2 aliphatic rings. The lowest BCUT2D eigenvalue weighted by Crippen LogP contribution is -2.30. The summed E-state index contributed by atoms with van der Waals surface area (Å²) in [5.74, 6) is 2.84. The van der Waals surface area contributed by atoms with E-state index in [9.17, 15) is 0 Å². The fraction of sp³-hybridized carbons (Fsp3) is 0.0392. The van der Waals surface area contributed by atoms with Crippen LogP contribution in [0.2, 0.25) is 0 Å². The van der Waals surface area contributed by atoms with Gasteiger partial charge in [-0.1, -0.05) is 146 Å². The van der Waals surface area contributed by atoms with Gasteiger partial charge in [-0.3, -0.25) is 0 Å². The van der Waals surface area contributed by atoms with E-state index in [1.54, 1.807) is 0 Å². The number of furan rings is 1. The molecule has 0 amide bonds. The molecule has 264 valence electrons. The van der Waals surface area contributed by atoms with Crippen molar-refractivity contribution < 1.29 is 4.42 Å². The average Bonchev–Trinajstić information content (AvgIpc) is 3.82. The van der Waals surface area contributed by atoms with Crippen LogP contribution in [-0.4, -0.2) is 21.0 Å². The zero-order valence-electron chi connectivity index (χ0n) is 30.3. The predicted molar refractivity (Wildman–Crippen MR) is 226 cm³/mol. The van der Waals surface area contributed by atoms with Crippen LogP contribution in [-0.2, 0) is 0 Å². The minimum absolute atomic E-state index is 0.127. The van der Waals surface area contributed by atoms with E-state index in [0.29, 0.717) is 17.5 Å². The predicted octanol–water partition coefficient (Wildman–Crippen LogP) is 12.6. The molecule has 0 fully saturated rings. The van der Waals surface area contributed by atoms with Gasteiger partial charge in [0.05, 0.1) is 6.04 Å². The van der Waals surface area contributed by atoms with Gasteiger partial charge in [0.25, 0.3) is 0 Å². The summed E-state index contributed by atoms with van der Waals surface area (Å²) in [5.41, 5.74) is 12.9. The second-order valence-electron chi connectivity index (χ2n) is 14.4. The summed E-state index contributed by atoms with van der Waals surface area (Å²) < 4.78 is 6.70. The van der Waals surface area contributed by atoms with Gasteiger partial charge < -0.3 is 9.32 Å². The van der Waals surface area contributed by atoms with Crippen molar-refractivity contribution >= 4 is 28.4 Å². The number of rotatable bonds is 6. The molecule has 2 atom stereocenters. The van der Waals surface area contributed by atoms with E-state index in [1.807, 2.05) is 42.5 Å². The maximum Gasteiger partial charge on any atom is 0.164 e. The van der Waals surface area contributed by atoms with Gasteiger partial charge in [-0.25, -0.2) is 15.0 Å². The Morgan fingerprint density at radius 1 is 0.446 bits per heavy atom. The highest BCUT2D eigenvalue weighted by molar-refractivity contribution is 5.92. The minimum atomic E-state index is 0.127. The lowest BCUT2D eigenvalue weighted by Gasteiger charge is -2.30. The Balaban J connectivity index is 1.05. The third kappa shape index (κ3) is 5.44. The quantitative estimate of drug-likeness (QED) is 0.171. The Kier molecular flexibility index (Phi) is 7.56. The topological polar surface area (TPSA) is 55.1 Å². The fourth-order valence-corrected chi connectivity index (χ4v) is 8.49. The minimum Gasteiger partial charge on any atom is -0.456 e. The second-order valence-corrected chi connectivity index (χ2v) is 14.4. The number of benzene rings is 7. The summed E-state index contributed by atoms with van der Waals surface area (Å²) in [5, 5.41) is 1.11. The van der Waals surface area contributed by atoms with Gasteiger partial charge in [0.2, 0.25) is 0 Å². The van der Waals surface area contributed by atoms with Crippen molar-refractivity contribution in [3.05, 3.63) is 205 Å². The van der Waals surface area contributed by atoms with Gasteiger partial charge in [-0.2, -0.15) is 0 Å². The molecular weight excluding hydrogens is 685 g/mol. The summed E-state index contributed by atoms with van der Waals surface area (Å²) in [6.07, 6.45) is 4.44. The SMILES string of the molecule is C1=CC2C(c3ccccc3N2c2ccccc2)c2c1oc1cc(-c3nc(-c4ccccc4)nc(-c4cc(-c5ccccc5)cc(-c5ccccc5)c4)n3)ccc21. The van der Waals surface area contributed by atoms with Gasteiger partial charge in [0.15, 0.2) is 17.5 Å². The molecule has 2 aromatic heterocycles. The van der Waals surface area contributed by atoms with E-state index in [2.05, 4.69) is 157 Å². The van der Waals surface area contributed by atoms with Crippen LogP contribution in [0, 0.1) is 0 Å². The second kappa shape index (κ2) is 13.2. The van der Waals surface area contributed by atoms with Gasteiger partial charge >= 0.3 is 0 Å². The van der Waals surface area contributed by atoms with Crippen molar-refractivity contribution in [3.8, 4) is 56.4 Å². The molecule has 7 aromatic carbocycles. The third-order valence-electron chi connectivity index (χ3n) is 11.0. The first-order valence-corrected chi connectivity index (χ1v) is 19.0. The van der Waals surface area contributed by atoms with Gasteiger partial charge in [-0.15, -0.1) is 0 Å². The number of hydrogen-bond donors (Lipinski definition) is 0. The first-order valence-electron chi connectivity index (χ1n) is 19.0. The maximum absolute atomic E-state index is 6.70. The third-order valence-corrected chi connectivity index (χ3v) is 11.0. The van der Waals surface area contributed by atoms with Crippen LogP contribution in [0.4, 0.5) is 11.4 Å². The molecule has 1 aliphatic carbocycles. The number of nitrogens with zero attached hydrogens (tertiary/aromatic N) is 4. The van der Waals surface area contributed by atoms with E-state index in [4.69, 9.17) is 19.4 Å². The molecule has 0 N–H and O–H groups in total. The standard InChI is InChI=1S/C51H34N4O/c1-5-15-33(16-6-1)37-29-38(34-17-7-2-8-18-34)31-39(30-37)51-53-49(35-19-9-3-10-20-35)52-50(54-51)36-25-26-42-46(32-36)56-45-28-27-44-47(48(42)45)41-23-13-14-24-43(41)55(44)40-21-11-4-12-22-40/h1-32,44,47H. The van der Waals surface area contributed by atoms with E-state index < -0.39 is 0 Å². The normalized spacial score (nSPS) is 15.4. The number of fused-ring (bicyclic) bond motifs is 7. The van der Waals surface area contributed by atoms with Crippen molar-refractivity contribution in [2.45, 2.75) is 12.0 Å². The van der Waals surface area contributed by atoms with Crippen molar-refractivity contribution in [1.82, 2.24) is 15.0 Å². The van der Waals surface area contributed by atoms with Crippen molar-refractivity contribution in [3.63, 3.8) is 0 Å². The molecular formula is C51H34N4O. The maximum atomic E-state index is 6.70. The largest absolute Gasteiger partial charge is 0.456 e. The molecule has 1 aliphatic heterocycles. The Labute approximate surface area is 324 Å². The first kappa shape index (κ1) is 32.1. The summed E-state index contributed by atoms with van der Waals surface area (Å²) in [4.78, 5) is 17.9. The molecule has 0 saturated heterocycles. The Bertz CT molecular complexity index is 2860. The van der Waals surface area contributed by atoms with E-state index >= 15 is 0 Å².